The zero-order chi connectivity index (χ0) is 14.6. The van der Waals surface area contributed by atoms with Crippen molar-refractivity contribution in [3.8, 4) is 5.75 Å². The summed E-state index contributed by atoms with van der Waals surface area (Å²) in [5.41, 5.74) is 5.86. The van der Waals surface area contributed by atoms with Crippen LogP contribution in [0.2, 0.25) is 0 Å². The summed E-state index contributed by atoms with van der Waals surface area (Å²) in [6, 6.07) is 13.4. The largest absolute Gasteiger partial charge is 0.490 e. The van der Waals surface area contributed by atoms with E-state index in [4.69, 9.17) is 10.5 Å². The van der Waals surface area contributed by atoms with Gasteiger partial charge in [0.25, 0.3) is 0 Å². The molecular formula is C16H18FNO2. The average Bonchev–Trinajstić information content (AvgIpc) is 2.49. The monoisotopic (exact) mass is 275 g/mol. The Morgan fingerprint density at radius 3 is 2.55 bits per heavy atom. The van der Waals surface area contributed by atoms with Crippen molar-refractivity contribution in [3.63, 3.8) is 0 Å². The lowest BCUT2D eigenvalue weighted by atomic mass is 9.95. The first-order chi connectivity index (χ1) is 9.55. The summed E-state index contributed by atoms with van der Waals surface area (Å²) in [4.78, 5) is 0. The topological polar surface area (TPSA) is 55.5 Å². The van der Waals surface area contributed by atoms with E-state index < -0.39 is 5.60 Å². The van der Waals surface area contributed by atoms with Gasteiger partial charge in [-0.3, -0.25) is 0 Å². The molecule has 2 rings (SSSR count). The van der Waals surface area contributed by atoms with Crippen molar-refractivity contribution in [2.75, 3.05) is 13.2 Å². The zero-order valence-electron chi connectivity index (χ0n) is 11.3. The van der Waals surface area contributed by atoms with Gasteiger partial charge in [-0.2, -0.15) is 0 Å². The lowest BCUT2D eigenvalue weighted by Gasteiger charge is -2.27. The van der Waals surface area contributed by atoms with Crippen molar-refractivity contribution >= 4 is 0 Å². The third-order valence-electron chi connectivity index (χ3n) is 3.27. The highest BCUT2D eigenvalue weighted by molar-refractivity contribution is 5.33. The number of rotatable bonds is 5. The summed E-state index contributed by atoms with van der Waals surface area (Å²) < 4.78 is 18.8. The van der Waals surface area contributed by atoms with Gasteiger partial charge in [-0.05, 0) is 24.1 Å². The van der Waals surface area contributed by atoms with Crippen LogP contribution < -0.4 is 10.5 Å². The van der Waals surface area contributed by atoms with Crippen LogP contribution in [0.5, 0.6) is 5.75 Å². The lowest BCUT2D eigenvalue weighted by molar-refractivity contribution is -0.00172. The van der Waals surface area contributed by atoms with E-state index in [0.717, 1.165) is 5.56 Å². The van der Waals surface area contributed by atoms with Crippen LogP contribution in [0.3, 0.4) is 0 Å². The second-order valence-electron chi connectivity index (χ2n) is 4.80. The molecule has 0 aliphatic heterocycles. The molecule has 3 nitrogen and oxygen atoms in total. The van der Waals surface area contributed by atoms with Gasteiger partial charge in [-0.15, -0.1) is 0 Å². The average molecular weight is 275 g/mol. The number of benzene rings is 2. The van der Waals surface area contributed by atoms with Crippen LogP contribution in [-0.2, 0) is 5.60 Å². The molecule has 2 aromatic carbocycles. The standard InChI is InChI=1S/C16H18FNO2/c1-12-7-8-14(17)9-15(12)20-11-16(19,10-18)13-5-3-2-4-6-13/h2-9,19H,10-11,18H2,1H3. The summed E-state index contributed by atoms with van der Waals surface area (Å²) in [6.07, 6.45) is 0. The predicted molar refractivity (Wildman–Crippen MR) is 76.0 cm³/mol. The van der Waals surface area contributed by atoms with Gasteiger partial charge in [0.2, 0.25) is 0 Å². The Balaban J connectivity index is 2.17. The molecule has 0 fully saturated rings. The molecule has 0 saturated carbocycles. The Hall–Kier alpha value is -1.91. The number of hydrogen-bond acceptors (Lipinski definition) is 3. The summed E-state index contributed by atoms with van der Waals surface area (Å²) in [7, 11) is 0. The molecule has 2 aromatic rings. The van der Waals surface area contributed by atoms with Crippen LogP contribution in [0.25, 0.3) is 0 Å². The second-order valence-corrected chi connectivity index (χ2v) is 4.80. The maximum absolute atomic E-state index is 13.2. The Labute approximate surface area is 117 Å². The molecule has 0 radical (unpaired) electrons. The molecule has 0 heterocycles. The highest BCUT2D eigenvalue weighted by Crippen LogP contribution is 2.24. The highest BCUT2D eigenvalue weighted by Gasteiger charge is 2.28. The van der Waals surface area contributed by atoms with Gasteiger partial charge in [-0.1, -0.05) is 36.4 Å². The summed E-state index contributed by atoms with van der Waals surface area (Å²) in [6.45, 7) is 1.81. The van der Waals surface area contributed by atoms with Gasteiger partial charge in [0.05, 0.1) is 0 Å². The Morgan fingerprint density at radius 2 is 1.90 bits per heavy atom. The number of aliphatic hydroxyl groups is 1. The van der Waals surface area contributed by atoms with Gasteiger partial charge in [-0.25, -0.2) is 4.39 Å². The van der Waals surface area contributed by atoms with E-state index in [1.165, 1.54) is 12.1 Å². The fourth-order valence-corrected chi connectivity index (χ4v) is 1.94. The Morgan fingerprint density at radius 1 is 1.20 bits per heavy atom. The fourth-order valence-electron chi connectivity index (χ4n) is 1.94. The van der Waals surface area contributed by atoms with Gasteiger partial charge < -0.3 is 15.6 Å². The van der Waals surface area contributed by atoms with Crippen LogP contribution >= 0.6 is 0 Å². The Bertz CT molecular complexity index is 574. The number of hydrogen-bond donors (Lipinski definition) is 2. The molecule has 106 valence electrons. The third kappa shape index (κ3) is 3.15. The minimum Gasteiger partial charge on any atom is -0.490 e. The summed E-state index contributed by atoms with van der Waals surface area (Å²) in [5.74, 6) is 0.0365. The molecular weight excluding hydrogens is 257 g/mol. The van der Waals surface area contributed by atoms with Crippen LogP contribution in [0.1, 0.15) is 11.1 Å². The smallest absolute Gasteiger partial charge is 0.136 e. The van der Waals surface area contributed by atoms with Crippen LogP contribution in [0.4, 0.5) is 4.39 Å². The van der Waals surface area contributed by atoms with Crippen LogP contribution in [-0.4, -0.2) is 18.3 Å². The first kappa shape index (κ1) is 14.5. The van der Waals surface area contributed by atoms with Gasteiger partial charge in [0.15, 0.2) is 0 Å². The van der Waals surface area contributed by atoms with Crippen molar-refractivity contribution in [2.45, 2.75) is 12.5 Å². The number of nitrogens with two attached hydrogens (primary N) is 1. The summed E-state index contributed by atoms with van der Waals surface area (Å²) >= 11 is 0. The molecule has 0 aliphatic carbocycles. The van der Waals surface area contributed by atoms with Gasteiger partial charge in [0, 0.05) is 12.6 Å². The number of aryl methyl sites for hydroxylation is 1. The molecule has 0 aromatic heterocycles. The molecule has 0 amide bonds. The van der Waals surface area contributed by atoms with Crippen molar-refractivity contribution in [3.05, 3.63) is 65.5 Å². The van der Waals surface area contributed by atoms with E-state index in [2.05, 4.69) is 0 Å². The quantitative estimate of drug-likeness (QED) is 0.880. The van der Waals surface area contributed by atoms with E-state index >= 15 is 0 Å². The molecule has 1 atom stereocenters. The highest BCUT2D eigenvalue weighted by atomic mass is 19.1. The van der Waals surface area contributed by atoms with Crippen molar-refractivity contribution in [1.82, 2.24) is 0 Å². The maximum Gasteiger partial charge on any atom is 0.136 e. The second kappa shape index (κ2) is 6.03. The van der Waals surface area contributed by atoms with Crippen molar-refractivity contribution < 1.29 is 14.2 Å². The van der Waals surface area contributed by atoms with Crippen LogP contribution in [0.15, 0.2) is 48.5 Å². The molecule has 3 N–H and O–H groups in total. The molecule has 4 heteroatoms. The predicted octanol–water partition coefficient (Wildman–Crippen LogP) is 2.36. The van der Waals surface area contributed by atoms with Crippen molar-refractivity contribution in [1.29, 1.82) is 0 Å². The normalized spacial score (nSPS) is 13.8. The van der Waals surface area contributed by atoms with E-state index in [1.54, 1.807) is 18.2 Å². The number of halogens is 1. The minimum atomic E-state index is -1.29. The summed E-state index contributed by atoms with van der Waals surface area (Å²) in [5, 5.41) is 10.6. The first-order valence-corrected chi connectivity index (χ1v) is 6.42. The SMILES string of the molecule is Cc1ccc(F)cc1OCC(O)(CN)c1ccccc1. The van der Waals surface area contributed by atoms with E-state index in [-0.39, 0.29) is 19.0 Å². The van der Waals surface area contributed by atoms with E-state index in [0.29, 0.717) is 11.3 Å². The van der Waals surface area contributed by atoms with E-state index in [1.807, 2.05) is 25.1 Å². The molecule has 0 spiro atoms. The van der Waals surface area contributed by atoms with Gasteiger partial charge >= 0.3 is 0 Å². The molecule has 0 saturated heterocycles. The maximum atomic E-state index is 13.2. The zero-order valence-corrected chi connectivity index (χ0v) is 11.3. The molecule has 1 unspecified atom stereocenters. The lowest BCUT2D eigenvalue weighted by Crippen LogP contribution is -2.40. The van der Waals surface area contributed by atoms with Gasteiger partial charge in [0.1, 0.15) is 23.8 Å². The molecule has 0 bridgehead atoms. The first-order valence-electron chi connectivity index (χ1n) is 6.42. The van der Waals surface area contributed by atoms with Crippen molar-refractivity contribution in [2.24, 2.45) is 5.73 Å². The third-order valence-corrected chi connectivity index (χ3v) is 3.27. The Kier molecular flexibility index (Phi) is 4.37. The molecule has 20 heavy (non-hydrogen) atoms. The molecule has 0 aliphatic rings. The van der Waals surface area contributed by atoms with E-state index in [9.17, 15) is 9.50 Å². The fraction of sp³-hybridized carbons (Fsp3) is 0.250. The minimum absolute atomic E-state index is 0.0192. The number of ether oxygens (including phenoxy) is 1. The van der Waals surface area contributed by atoms with Crippen LogP contribution in [0, 0.1) is 12.7 Å².